The van der Waals surface area contributed by atoms with Gasteiger partial charge in [0, 0.05) is 17.3 Å². The molecule has 0 fully saturated rings. The van der Waals surface area contributed by atoms with Crippen LogP contribution in [0, 0.1) is 0 Å². The minimum Gasteiger partial charge on any atom is -0.394 e. The van der Waals surface area contributed by atoms with Crippen molar-refractivity contribution in [2.75, 3.05) is 18.5 Å². The topological polar surface area (TPSA) is 78.5 Å². The lowest BCUT2D eigenvalue weighted by Crippen LogP contribution is -2.45. The van der Waals surface area contributed by atoms with Gasteiger partial charge in [-0.15, -0.1) is 0 Å². The molecule has 4 nitrogen and oxygen atoms in total. The maximum atomic E-state index is 9.33. The largest absolute Gasteiger partial charge is 0.394 e. The van der Waals surface area contributed by atoms with Gasteiger partial charge >= 0.3 is 0 Å². The van der Waals surface area contributed by atoms with Crippen LogP contribution in [-0.4, -0.2) is 29.0 Å². The number of aliphatic hydroxyl groups excluding tert-OH is 2. The second-order valence-electron chi connectivity index (χ2n) is 4.09. The molecule has 17 heavy (non-hydrogen) atoms. The maximum Gasteiger partial charge on any atom is 0.0832 e. The first-order valence-electron chi connectivity index (χ1n) is 5.59. The number of hydrogen-bond donors (Lipinski definition) is 4. The fourth-order valence-corrected chi connectivity index (χ4v) is 1.80. The fourth-order valence-electron chi connectivity index (χ4n) is 1.54. The van der Waals surface area contributed by atoms with E-state index in [0.29, 0.717) is 18.0 Å². The van der Waals surface area contributed by atoms with Gasteiger partial charge in [0.15, 0.2) is 0 Å². The van der Waals surface area contributed by atoms with Crippen molar-refractivity contribution in [2.45, 2.75) is 25.4 Å². The summed E-state index contributed by atoms with van der Waals surface area (Å²) in [7, 11) is 0. The number of hydrogen-bond acceptors (Lipinski definition) is 4. The van der Waals surface area contributed by atoms with E-state index in [9.17, 15) is 10.2 Å². The summed E-state index contributed by atoms with van der Waals surface area (Å²) in [5, 5.41) is 22.4. The number of aliphatic hydroxyl groups is 2. The lowest BCUT2D eigenvalue weighted by atomic mass is 9.98. The summed E-state index contributed by atoms with van der Waals surface area (Å²) in [5.74, 6) is 0. The molecule has 96 valence electrons. The molecule has 0 atom stereocenters. The zero-order valence-corrected chi connectivity index (χ0v) is 10.7. The monoisotopic (exact) mass is 258 g/mol. The summed E-state index contributed by atoms with van der Waals surface area (Å²) in [6.45, 7) is 2.00. The molecule has 1 aromatic rings. The number of halogens is 1. The summed E-state index contributed by atoms with van der Waals surface area (Å²) in [5.41, 5.74) is 6.44. The summed E-state index contributed by atoms with van der Waals surface area (Å²) < 4.78 is 0. The van der Waals surface area contributed by atoms with E-state index in [-0.39, 0.29) is 13.2 Å². The second-order valence-corrected chi connectivity index (χ2v) is 4.49. The van der Waals surface area contributed by atoms with Crippen molar-refractivity contribution in [1.29, 1.82) is 0 Å². The minimum atomic E-state index is -0.715. The maximum absolute atomic E-state index is 9.33. The molecule has 0 amide bonds. The Morgan fingerprint density at radius 1 is 1.35 bits per heavy atom. The molecule has 0 radical (unpaired) electrons. The Balaban J connectivity index is 2.90. The number of anilines is 1. The zero-order valence-electron chi connectivity index (χ0n) is 9.91. The van der Waals surface area contributed by atoms with Gasteiger partial charge in [0.25, 0.3) is 0 Å². The highest BCUT2D eigenvalue weighted by Crippen LogP contribution is 2.24. The molecule has 0 aliphatic rings. The van der Waals surface area contributed by atoms with Crippen molar-refractivity contribution < 1.29 is 10.2 Å². The first kappa shape index (κ1) is 14.3. The molecule has 0 aliphatic carbocycles. The predicted octanol–water partition coefficient (Wildman–Crippen LogP) is 1.34. The summed E-state index contributed by atoms with van der Waals surface area (Å²) in [6, 6.07) is 5.42. The Morgan fingerprint density at radius 2 is 2.00 bits per heavy atom. The standard InChI is InChI=1S/C12H19ClN2O2/c1-2-12(7-16,8-17)15-10-4-3-9(6-14)11(13)5-10/h3-5,15-17H,2,6-8,14H2,1H3. The third kappa shape index (κ3) is 3.33. The molecule has 5 heteroatoms. The summed E-state index contributed by atoms with van der Waals surface area (Å²) in [4.78, 5) is 0. The number of nitrogens with one attached hydrogen (secondary N) is 1. The average molecular weight is 259 g/mol. The predicted molar refractivity (Wildman–Crippen MR) is 70.2 cm³/mol. The van der Waals surface area contributed by atoms with Crippen LogP contribution >= 0.6 is 11.6 Å². The van der Waals surface area contributed by atoms with Crippen LogP contribution < -0.4 is 11.1 Å². The van der Waals surface area contributed by atoms with Gasteiger partial charge in [0.05, 0.1) is 18.8 Å². The van der Waals surface area contributed by atoms with Gasteiger partial charge in [0.1, 0.15) is 0 Å². The van der Waals surface area contributed by atoms with E-state index in [2.05, 4.69) is 5.32 Å². The van der Waals surface area contributed by atoms with Crippen molar-refractivity contribution in [3.8, 4) is 0 Å². The molecule has 1 aromatic carbocycles. The second kappa shape index (κ2) is 6.21. The zero-order chi connectivity index (χ0) is 12.9. The molecule has 0 saturated heterocycles. The molecular weight excluding hydrogens is 240 g/mol. The van der Waals surface area contributed by atoms with E-state index < -0.39 is 5.54 Å². The van der Waals surface area contributed by atoms with Crippen LogP contribution in [0.4, 0.5) is 5.69 Å². The molecule has 0 heterocycles. The number of rotatable bonds is 6. The first-order valence-corrected chi connectivity index (χ1v) is 5.97. The van der Waals surface area contributed by atoms with Crippen molar-refractivity contribution in [2.24, 2.45) is 5.73 Å². The van der Waals surface area contributed by atoms with Gasteiger partial charge in [-0.2, -0.15) is 0 Å². The van der Waals surface area contributed by atoms with Crippen molar-refractivity contribution >= 4 is 17.3 Å². The Hall–Kier alpha value is -0.810. The fraction of sp³-hybridized carbons (Fsp3) is 0.500. The van der Waals surface area contributed by atoms with E-state index in [1.165, 1.54) is 0 Å². The van der Waals surface area contributed by atoms with Crippen LogP contribution in [0.15, 0.2) is 18.2 Å². The van der Waals surface area contributed by atoms with Gasteiger partial charge in [-0.3, -0.25) is 0 Å². The highest BCUT2D eigenvalue weighted by molar-refractivity contribution is 6.31. The van der Waals surface area contributed by atoms with Gasteiger partial charge in [-0.25, -0.2) is 0 Å². The molecule has 5 N–H and O–H groups in total. The molecule has 0 saturated carbocycles. The van der Waals surface area contributed by atoms with Crippen LogP contribution in [0.1, 0.15) is 18.9 Å². The van der Waals surface area contributed by atoms with E-state index in [1.807, 2.05) is 19.1 Å². The van der Waals surface area contributed by atoms with Crippen molar-refractivity contribution in [3.05, 3.63) is 28.8 Å². The lowest BCUT2D eigenvalue weighted by molar-refractivity contribution is 0.132. The van der Waals surface area contributed by atoms with Crippen LogP contribution in [-0.2, 0) is 6.54 Å². The quantitative estimate of drug-likeness (QED) is 0.621. The van der Waals surface area contributed by atoms with Crippen molar-refractivity contribution in [1.82, 2.24) is 0 Å². The third-order valence-corrected chi connectivity index (χ3v) is 3.32. The van der Waals surface area contributed by atoms with Gasteiger partial charge in [0.2, 0.25) is 0 Å². The van der Waals surface area contributed by atoms with Gasteiger partial charge < -0.3 is 21.3 Å². The summed E-state index contributed by atoms with van der Waals surface area (Å²) in [6.07, 6.45) is 0.607. The molecule has 0 bridgehead atoms. The van der Waals surface area contributed by atoms with Gasteiger partial charge in [-0.1, -0.05) is 24.6 Å². The molecule has 1 rings (SSSR count). The third-order valence-electron chi connectivity index (χ3n) is 2.96. The number of nitrogens with two attached hydrogens (primary N) is 1. The Labute approximate surface area is 106 Å². The first-order chi connectivity index (χ1) is 8.10. The normalized spacial score (nSPS) is 11.6. The van der Waals surface area contributed by atoms with Crippen LogP contribution in [0.25, 0.3) is 0 Å². The van der Waals surface area contributed by atoms with Crippen molar-refractivity contribution in [3.63, 3.8) is 0 Å². The Morgan fingerprint density at radius 3 is 2.41 bits per heavy atom. The molecule has 0 unspecified atom stereocenters. The van der Waals surface area contributed by atoms with E-state index in [0.717, 1.165) is 11.3 Å². The molecule has 0 aliphatic heterocycles. The highest BCUT2D eigenvalue weighted by Gasteiger charge is 2.26. The minimum absolute atomic E-state index is 0.143. The highest BCUT2D eigenvalue weighted by atomic mass is 35.5. The molecular formula is C12H19ClN2O2. The molecule has 0 spiro atoms. The Kier molecular flexibility index (Phi) is 5.21. The van der Waals surface area contributed by atoms with E-state index in [4.69, 9.17) is 17.3 Å². The summed E-state index contributed by atoms with van der Waals surface area (Å²) >= 11 is 6.04. The van der Waals surface area contributed by atoms with Crippen LogP contribution in [0.3, 0.4) is 0 Å². The van der Waals surface area contributed by atoms with Crippen LogP contribution in [0.2, 0.25) is 5.02 Å². The average Bonchev–Trinajstić information content (AvgIpc) is 2.36. The lowest BCUT2D eigenvalue weighted by Gasteiger charge is -2.31. The molecule has 0 aromatic heterocycles. The van der Waals surface area contributed by atoms with E-state index in [1.54, 1.807) is 6.07 Å². The van der Waals surface area contributed by atoms with Crippen LogP contribution in [0.5, 0.6) is 0 Å². The van der Waals surface area contributed by atoms with Gasteiger partial charge in [-0.05, 0) is 24.1 Å². The Bertz CT molecular complexity index is 359. The number of benzene rings is 1. The smallest absolute Gasteiger partial charge is 0.0832 e. The van der Waals surface area contributed by atoms with E-state index >= 15 is 0 Å². The SMILES string of the molecule is CCC(CO)(CO)Nc1ccc(CN)c(Cl)c1.